The summed E-state index contributed by atoms with van der Waals surface area (Å²) in [4.78, 5) is 11.6. The van der Waals surface area contributed by atoms with Crippen LogP contribution < -0.4 is 5.32 Å². The molecule has 2 heteroatoms. The Balaban J connectivity index is 2.36. The van der Waals surface area contributed by atoms with Crippen LogP contribution in [0.5, 0.6) is 0 Å². The van der Waals surface area contributed by atoms with Crippen molar-refractivity contribution in [3.8, 4) is 0 Å². The molecule has 0 saturated heterocycles. The highest BCUT2D eigenvalue weighted by molar-refractivity contribution is 5.74. The molecule has 0 bridgehead atoms. The zero-order chi connectivity index (χ0) is 13.9. The molecule has 1 fully saturated rings. The monoisotopic (exact) mass is 257 g/mol. The quantitative estimate of drug-likeness (QED) is 0.875. The topological polar surface area (TPSA) is 29.1 Å². The second-order valence-corrected chi connectivity index (χ2v) is 5.78. The fourth-order valence-electron chi connectivity index (χ4n) is 3.04. The lowest BCUT2D eigenvalue weighted by molar-refractivity contribution is -0.121. The summed E-state index contributed by atoms with van der Waals surface area (Å²) in [5, 5.41) is 3.21. The van der Waals surface area contributed by atoms with Gasteiger partial charge in [-0.05, 0) is 48.8 Å². The van der Waals surface area contributed by atoms with Gasteiger partial charge in [0.05, 0.1) is 5.54 Å². The normalized spacial score (nSPS) is 26.7. The van der Waals surface area contributed by atoms with Crippen LogP contribution in [0.25, 0.3) is 6.08 Å². The van der Waals surface area contributed by atoms with Gasteiger partial charge in [0, 0.05) is 6.92 Å². The molecule has 0 radical (unpaired) electrons. The lowest BCUT2D eigenvalue weighted by Gasteiger charge is -2.40. The van der Waals surface area contributed by atoms with E-state index in [2.05, 4.69) is 31.0 Å². The van der Waals surface area contributed by atoms with Crippen LogP contribution in [0.4, 0.5) is 0 Å². The molecule has 0 heterocycles. The molecule has 0 unspecified atom stereocenters. The predicted molar refractivity (Wildman–Crippen MR) is 79.7 cm³/mol. The first-order chi connectivity index (χ1) is 9.05. The van der Waals surface area contributed by atoms with Crippen molar-refractivity contribution < 1.29 is 4.79 Å². The van der Waals surface area contributed by atoms with Crippen molar-refractivity contribution in [2.75, 3.05) is 0 Å². The van der Waals surface area contributed by atoms with E-state index in [0.717, 1.165) is 24.3 Å². The van der Waals surface area contributed by atoms with Gasteiger partial charge in [0.2, 0.25) is 5.91 Å². The first-order valence-electron chi connectivity index (χ1n) is 7.07. The highest BCUT2D eigenvalue weighted by atomic mass is 16.1. The van der Waals surface area contributed by atoms with Crippen LogP contribution in [0.1, 0.15) is 50.7 Å². The van der Waals surface area contributed by atoms with E-state index >= 15 is 0 Å². The van der Waals surface area contributed by atoms with Crippen molar-refractivity contribution in [1.82, 2.24) is 5.32 Å². The summed E-state index contributed by atoms with van der Waals surface area (Å²) in [5.74, 6) is 0.808. The molecular weight excluding hydrogens is 234 g/mol. The second kappa shape index (κ2) is 5.60. The molecule has 0 spiro atoms. The fraction of sp³-hybridized carbons (Fsp3) is 0.471. The fourth-order valence-corrected chi connectivity index (χ4v) is 3.04. The molecule has 0 aliphatic heterocycles. The first kappa shape index (κ1) is 13.9. The van der Waals surface area contributed by atoms with Gasteiger partial charge in [0.25, 0.3) is 0 Å². The molecule has 0 atom stereocenters. The van der Waals surface area contributed by atoms with E-state index in [4.69, 9.17) is 0 Å². The number of amides is 1. The van der Waals surface area contributed by atoms with Crippen LogP contribution in [0.15, 0.2) is 30.8 Å². The Morgan fingerprint density at radius 2 is 2.11 bits per heavy atom. The Labute approximate surface area is 115 Å². The summed E-state index contributed by atoms with van der Waals surface area (Å²) in [5.41, 5.74) is 2.14. The average molecular weight is 257 g/mol. The van der Waals surface area contributed by atoms with Gasteiger partial charge < -0.3 is 5.32 Å². The molecule has 102 valence electrons. The van der Waals surface area contributed by atoms with Crippen LogP contribution in [0.3, 0.4) is 0 Å². The van der Waals surface area contributed by atoms with E-state index in [0.29, 0.717) is 0 Å². The van der Waals surface area contributed by atoms with Crippen molar-refractivity contribution in [3.63, 3.8) is 0 Å². The van der Waals surface area contributed by atoms with Crippen LogP contribution in [0, 0.1) is 5.92 Å². The third-order valence-electron chi connectivity index (χ3n) is 4.22. The largest absolute Gasteiger partial charge is 0.347 e. The minimum absolute atomic E-state index is 0.0542. The SMILES string of the molecule is C=Cc1cccc(C2(NC(C)=O)CCC(C)CC2)c1. The molecule has 0 aromatic heterocycles. The molecule has 2 nitrogen and oxygen atoms in total. The maximum atomic E-state index is 11.6. The van der Waals surface area contributed by atoms with Crippen molar-refractivity contribution in [2.24, 2.45) is 5.92 Å². The lowest BCUT2D eigenvalue weighted by Crippen LogP contribution is -2.47. The van der Waals surface area contributed by atoms with E-state index < -0.39 is 0 Å². The lowest BCUT2D eigenvalue weighted by atomic mass is 9.73. The molecule has 1 saturated carbocycles. The minimum atomic E-state index is -0.183. The number of rotatable bonds is 3. The van der Waals surface area contributed by atoms with Crippen LogP contribution in [0.2, 0.25) is 0 Å². The van der Waals surface area contributed by atoms with Gasteiger partial charge in [-0.1, -0.05) is 37.8 Å². The number of hydrogen-bond acceptors (Lipinski definition) is 1. The Morgan fingerprint density at radius 3 is 2.68 bits per heavy atom. The van der Waals surface area contributed by atoms with Gasteiger partial charge in [-0.2, -0.15) is 0 Å². The van der Waals surface area contributed by atoms with Crippen molar-refractivity contribution in [1.29, 1.82) is 0 Å². The smallest absolute Gasteiger partial charge is 0.217 e. The number of nitrogens with one attached hydrogen (secondary N) is 1. The van der Waals surface area contributed by atoms with Crippen LogP contribution in [-0.4, -0.2) is 5.91 Å². The summed E-state index contributed by atoms with van der Waals surface area (Å²) in [6.45, 7) is 7.72. The number of benzene rings is 1. The standard InChI is InChI=1S/C17H23NO/c1-4-15-6-5-7-16(12-15)17(18-14(3)19)10-8-13(2)9-11-17/h4-7,12-13H,1,8-11H2,2-3H3,(H,18,19). The van der Waals surface area contributed by atoms with E-state index in [1.54, 1.807) is 6.92 Å². The van der Waals surface area contributed by atoms with E-state index in [-0.39, 0.29) is 11.4 Å². The Hall–Kier alpha value is -1.57. The Morgan fingerprint density at radius 1 is 1.42 bits per heavy atom. The first-order valence-corrected chi connectivity index (χ1v) is 7.07. The summed E-state index contributed by atoms with van der Waals surface area (Å²) in [6, 6.07) is 8.37. The van der Waals surface area contributed by atoms with Crippen molar-refractivity contribution in [2.45, 2.75) is 45.1 Å². The number of carbonyl (C=O) groups is 1. The summed E-state index contributed by atoms with van der Waals surface area (Å²) < 4.78 is 0. The van der Waals surface area contributed by atoms with Gasteiger partial charge in [0.1, 0.15) is 0 Å². The number of hydrogen-bond donors (Lipinski definition) is 1. The highest BCUT2D eigenvalue weighted by Crippen LogP contribution is 2.39. The van der Waals surface area contributed by atoms with Crippen LogP contribution in [-0.2, 0) is 10.3 Å². The molecule has 1 aliphatic rings. The van der Waals surface area contributed by atoms with Gasteiger partial charge in [-0.25, -0.2) is 0 Å². The Kier molecular flexibility index (Phi) is 4.08. The predicted octanol–water partition coefficient (Wildman–Crippen LogP) is 3.87. The van der Waals surface area contributed by atoms with Gasteiger partial charge in [-0.15, -0.1) is 0 Å². The summed E-state index contributed by atoms with van der Waals surface area (Å²) in [6.07, 6.45) is 6.23. The van der Waals surface area contributed by atoms with Crippen molar-refractivity contribution in [3.05, 3.63) is 42.0 Å². The molecule has 1 aromatic carbocycles. The highest BCUT2D eigenvalue weighted by Gasteiger charge is 2.36. The average Bonchev–Trinajstić information content (AvgIpc) is 2.41. The van der Waals surface area contributed by atoms with Crippen LogP contribution >= 0.6 is 0 Å². The molecule has 1 N–H and O–H groups in total. The van der Waals surface area contributed by atoms with E-state index in [9.17, 15) is 4.79 Å². The van der Waals surface area contributed by atoms with Crippen molar-refractivity contribution >= 4 is 12.0 Å². The molecule has 2 rings (SSSR count). The zero-order valence-electron chi connectivity index (χ0n) is 11.9. The third-order valence-corrected chi connectivity index (χ3v) is 4.22. The second-order valence-electron chi connectivity index (χ2n) is 5.78. The maximum absolute atomic E-state index is 11.6. The zero-order valence-corrected chi connectivity index (χ0v) is 11.9. The Bertz CT molecular complexity index is 470. The van der Waals surface area contributed by atoms with E-state index in [1.807, 2.05) is 18.2 Å². The number of carbonyl (C=O) groups excluding carboxylic acids is 1. The molecule has 19 heavy (non-hydrogen) atoms. The van der Waals surface area contributed by atoms with Gasteiger partial charge in [-0.3, -0.25) is 4.79 Å². The molecule has 1 aliphatic carbocycles. The maximum Gasteiger partial charge on any atom is 0.217 e. The van der Waals surface area contributed by atoms with Gasteiger partial charge >= 0.3 is 0 Å². The summed E-state index contributed by atoms with van der Waals surface area (Å²) in [7, 11) is 0. The van der Waals surface area contributed by atoms with E-state index in [1.165, 1.54) is 18.4 Å². The summed E-state index contributed by atoms with van der Waals surface area (Å²) >= 11 is 0. The molecular formula is C17H23NO. The third kappa shape index (κ3) is 3.06. The van der Waals surface area contributed by atoms with Gasteiger partial charge in [0.15, 0.2) is 0 Å². The molecule has 1 amide bonds. The minimum Gasteiger partial charge on any atom is -0.347 e. The molecule has 1 aromatic rings.